The topological polar surface area (TPSA) is 85.8 Å². The van der Waals surface area contributed by atoms with Gasteiger partial charge in [-0.3, -0.25) is 9.67 Å². The Balaban J connectivity index is 1.25. The monoisotopic (exact) mass is 448 g/mol. The first kappa shape index (κ1) is 18.9. The maximum Gasteiger partial charge on any atom is 0.235 e. The predicted octanol–water partition coefficient (Wildman–Crippen LogP) is 3.79. The number of pyridine rings is 1. The third-order valence-electron chi connectivity index (χ3n) is 5.31. The molecule has 1 N–H and O–H groups in total. The van der Waals surface area contributed by atoms with E-state index in [-0.39, 0.29) is 0 Å². The number of aromatic nitrogens is 7. The molecular weight excluding hydrogens is 428 g/mol. The molecule has 31 heavy (non-hydrogen) atoms. The summed E-state index contributed by atoms with van der Waals surface area (Å²) in [7, 11) is 1.92. The van der Waals surface area contributed by atoms with Gasteiger partial charge in [0.15, 0.2) is 0 Å². The fraction of sp³-hybridized carbons (Fsp3) is 0.286. The van der Waals surface area contributed by atoms with Crippen molar-refractivity contribution in [2.24, 2.45) is 13.0 Å². The van der Waals surface area contributed by atoms with Gasteiger partial charge in [0.05, 0.1) is 11.7 Å². The highest BCUT2D eigenvalue weighted by molar-refractivity contribution is 7.99. The normalized spacial score (nSPS) is 14.1. The summed E-state index contributed by atoms with van der Waals surface area (Å²) in [5, 5.41) is 24.0. The zero-order chi connectivity index (χ0) is 20.8. The third kappa shape index (κ3) is 3.93. The van der Waals surface area contributed by atoms with Crippen molar-refractivity contribution in [1.82, 2.24) is 39.9 Å². The van der Waals surface area contributed by atoms with E-state index in [1.54, 1.807) is 27.8 Å². The average Bonchev–Trinajstić information content (AvgIpc) is 3.16. The quantitative estimate of drug-likeness (QED) is 0.405. The highest BCUT2D eigenvalue weighted by atomic mass is 32.2. The number of aryl methyl sites for hydroxylation is 1. The third-order valence-corrected chi connectivity index (χ3v) is 7.14. The second kappa shape index (κ2) is 7.70. The Hall–Kier alpha value is -2.82. The van der Waals surface area contributed by atoms with Gasteiger partial charge in [-0.2, -0.15) is 14.7 Å². The number of hydrogen-bond donors (Lipinski definition) is 1. The first-order valence-electron chi connectivity index (χ1n) is 10.2. The number of fused-ring (bicyclic) bond motifs is 2. The average molecular weight is 449 g/mol. The van der Waals surface area contributed by atoms with Crippen LogP contribution in [-0.2, 0) is 13.6 Å². The van der Waals surface area contributed by atoms with Crippen LogP contribution in [0.3, 0.4) is 0 Å². The highest BCUT2D eigenvalue weighted by Crippen LogP contribution is 2.31. The maximum absolute atomic E-state index is 4.71. The van der Waals surface area contributed by atoms with E-state index in [1.165, 1.54) is 12.8 Å². The molecule has 0 amide bonds. The number of hydrogen-bond acceptors (Lipinski definition) is 8. The largest absolute Gasteiger partial charge is 0.310 e. The molecule has 1 aromatic carbocycles. The first-order chi connectivity index (χ1) is 15.2. The Morgan fingerprint density at radius 1 is 1.16 bits per heavy atom. The lowest BCUT2D eigenvalue weighted by Crippen LogP contribution is -2.16. The summed E-state index contributed by atoms with van der Waals surface area (Å²) in [6.07, 6.45) is 8.44. The summed E-state index contributed by atoms with van der Waals surface area (Å²) in [5.41, 5.74) is 3.07. The second-order valence-corrected chi connectivity index (χ2v) is 9.91. The van der Waals surface area contributed by atoms with E-state index in [4.69, 9.17) is 5.10 Å². The molecule has 0 radical (unpaired) electrons. The first-order valence-corrected chi connectivity index (χ1v) is 11.8. The van der Waals surface area contributed by atoms with E-state index in [2.05, 4.69) is 43.8 Å². The Bertz CT molecular complexity index is 1380. The van der Waals surface area contributed by atoms with Gasteiger partial charge in [0.1, 0.15) is 5.01 Å². The highest BCUT2D eigenvalue weighted by Gasteiger charge is 2.20. The van der Waals surface area contributed by atoms with Crippen molar-refractivity contribution in [3.8, 4) is 11.1 Å². The van der Waals surface area contributed by atoms with Crippen molar-refractivity contribution in [3.63, 3.8) is 0 Å². The Labute approximate surface area is 186 Å². The number of nitrogens with one attached hydrogen (secondary N) is 1. The molecule has 1 saturated carbocycles. The fourth-order valence-corrected chi connectivity index (χ4v) is 5.17. The van der Waals surface area contributed by atoms with E-state index in [0.29, 0.717) is 0 Å². The van der Waals surface area contributed by atoms with Gasteiger partial charge in [-0.05, 0) is 61.3 Å². The van der Waals surface area contributed by atoms with Gasteiger partial charge in [0.25, 0.3) is 0 Å². The molecule has 0 aliphatic heterocycles. The van der Waals surface area contributed by atoms with E-state index >= 15 is 0 Å². The van der Waals surface area contributed by atoms with Gasteiger partial charge in [-0.15, -0.1) is 10.2 Å². The van der Waals surface area contributed by atoms with Crippen molar-refractivity contribution < 1.29 is 0 Å². The van der Waals surface area contributed by atoms with E-state index in [1.807, 2.05) is 36.2 Å². The molecule has 0 bridgehead atoms. The van der Waals surface area contributed by atoms with Gasteiger partial charge in [0, 0.05) is 47.4 Å². The minimum Gasteiger partial charge on any atom is -0.310 e. The summed E-state index contributed by atoms with van der Waals surface area (Å²) in [6.45, 7) is 1.86. The summed E-state index contributed by atoms with van der Waals surface area (Å²) in [6, 6.07) is 8.39. The van der Waals surface area contributed by atoms with Gasteiger partial charge in [-0.25, -0.2) is 0 Å². The zero-order valence-electron chi connectivity index (χ0n) is 16.9. The van der Waals surface area contributed by atoms with Crippen molar-refractivity contribution in [2.45, 2.75) is 29.4 Å². The number of benzene rings is 1. The Kier molecular flexibility index (Phi) is 4.70. The van der Waals surface area contributed by atoms with E-state index in [9.17, 15) is 0 Å². The van der Waals surface area contributed by atoms with Crippen LogP contribution in [0.15, 0.2) is 52.9 Å². The van der Waals surface area contributed by atoms with Gasteiger partial charge >= 0.3 is 0 Å². The van der Waals surface area contributed by atoms with Crippen LogP contribution < -0.4 is 5.32 Å². The van der Waals surface area contributed by atoms with Crippen LogP contribution in [0.25, 0.3) is 27.0 Å². The fourth-order valence-electron chi connectivity index (χ4n) is 3.49. The SMILES string of the molecule is Cn1cc(-c2cnc3ccc(Sc4nnc5sc(CNCC6CC6)nn45)cc3c2)cn1. The van der Waals surface area contributed by atoms with Crippen LogP contribution in [0.5, 0.6) is 0 Å². The lowest BCUT2D eigenvalue weighted by Gasteiger charge is -2.04. The summed E-state index contributed by atoms with van der Waals surface area (Å²) in [4.78, 5) is 6.51. The molecular formula is C21H20N8S2. The van der Waals surface area contributed by atoms with Crippen LogP contribution in [0.4, 0.5) is 0 Å². The van der Waals surface area contributed by atoms with Crippen LogP contribution in [-0.4, -0.2) is 41.1 Å². The summed E-state index contributed by atoms with van der Waals surface area (Å²) < 4.78 is 3.64. The standard InChI is InChI=1S/C21H20N8S2/c1-28-12-16(10-24-28)15-6-14-7-17(4-5-18(14)23-9-15)30-20-25-26-21-29(20)27-19(31-21)11-22-8-13-2-3-13/h4-7,9-10,12-13,22H,2-3,8,11H2,1H3. The molecule has 10 heteroatoms. The number of nitrogens with zero attached hydrogens (tertiary/aromatic N) is 7. The molecule has 1 aliphatic rings. The Morgan fingerprint density at radius 3 is 2.94 bits per heavy atom. The van der Waals surface area contributed by atoms with E-state index in [0.717, 1.165) is 61.1 Å². The van der Waals surface area contributed by atoms with E-state index < -0.39 is 0 Å². The van der Waals surface area contributed by atoms with Crippen LogP contribution >= 0.6 is 23.1 Å². The molecule has 1 aliphatic carbocycles. The maximum atomic E-state index is 4.71. The molecule has 4 heterocycles. The molecule has 1 fully saturated rings. The molecule has 156 valence electrons. The smallest absolute Gasteiger partial charge is 0.235 e. The lowest BCUT2D eigenvalue weighted by molar-refractivity contribution is 0.628. The second-order valence-electron chi connectivity index (χ2n) is 7.83. The van der Waals surface area contributed by atoms with Gasteiger partial charge in [0.2, 0.25) is 10.1 Å². The molecule has 4 aromatic heterocycles. The van der Waals surface area contributed by atoms with Crippen LogP contribution in [0.1, 0.15) is 17.8 Å². The molecule has 0 saturated heterocycles. The summed E-state index contributed by atoms with van der Waals surface area (Å²) >= 11 is 3.15. The van der Waals surface area contributed by atoms with Crippen LogP contribution in [0, 0.1) is 5.92 Å². The van der Waals surface area contributed by atoms with Crippen molar-refractivity contribution in [3.05, 3.63) is 47.9 Å². The molecule has 0 unspecified atom stereocenters. The molecule has 5 aromatic rings. The molecule has 0 spiro atoms. The minimum absolute atomic E-state index is 0.774. The molecule has 6 rings (SSSR count). The zero-order valence-corrected chi connectivity index (χ0v) is 18.5. The number of rotatable bonds is 7. The molecule has 8 nitrogen and oxygen atoms in total. The van der Waals surface area contributed by atoms with Gasteiger partial charge in [-0.1, -0.05) is 11.3 Å². The van der Waals surface area contributed by atoms with Crippen molar-refractivity contribution in [2.75, 3.05) is 6.54 Å². The summed E-state index contributed by atoms with van der Waals surface area (Å²) in [5.74, 6) is 0.859. The van der Waals surface area contributed by atoms with Crippen molar-refractivity contribution >= 4 is 39.0 Å². The molecule has 0 atom stereocenters. The van der Waals surface area contributed by atoms with Crippen molar-refractivity contribution in [1.29, 1.82) is 0 Å². The van der Waals surface area contributed by atoms with Crippen LogP contribution in [0.2, 0.25) is 0 Å². The van der Waals surface area contributed by atoms with Gasteiger partial charge < -0.3 is 5.32 Å². The Morgan fingerprint density at radius 2 is 2.10 bits per heavy atom. The predicted molar refractivity (Wildman–Crippen MR) is 121 cm³/mol. The lowest BCUT2D eigenvalue weighted by atomic mass is 10.1. The minimum atomic E-state index is 0.774.